The van der Waals surface area contributed by atoms with Crippen molar-refractivity contribution in [3.63, 3.8) is 0 Å². The largest absolute Gasteiger partial charge is 0.444 e. The minimum absolute atomic E-state index is 0.0751. The van der Waals surface area contributed by atoms with Gasteiger partial charge in [0.15, 0.2) is 0 Å². The highest BCUT2D eigenvalue weighted by Gasteiger charge is 2.32. The lowest BCUT2D eigenvalue weighted by Crippen LogP contribution is -2.41. The van der Waals surface area contributed by atoms with Crippen molar-refractivity contribution in [2.45, 2.75) is 70.8 Å². The van der Waals surface area contributed by atoms with Crippen LogP contribution in [0.1, 0.15) is 75.2 Å². The zero-order chi connectivity index (χ0) is 19.3. The molecule has 27 heavy (non-hydrogen) atoms. The number of fused-ring (bicyclic) bond motifs is 1. The predicted octanol–water partition coefficient (Wildman–Crippen LogP) is 3.32. The van der Waals surface area contributed by atoms with E-state index in [1.54, 1.807) is 11.0 Å². The molecule has 2 aromatic heterocycles. The van der Waals surface area contributed by atoms with Crippen LogP contribution in [-0.2, 0) is 4.74 Å². The Balaban J connectivity index is 1.57. The summed E-state index contributed by atoms with van der Waals surface area (Å²) in [6, 6.07) is 1.67. The maximum Gasteiger partial charge on any atom is 0.410 e. The van der Waals surface area contributed by atoms with Crippen LogP contribution in [0.25, 0.3) is 5.65 Å². The smallest absolute Gasteiger partial charge is 0.410 e. The van der Waals surface area contributed by atoms with Crippen LogP contribution in [0.3, 0.4) is 0 Å². The summed E-state index contributed by atoms with van der Waals surface area (Å²) in [7, 11) is 0. The highest BCUT2D eigenvalue weighted by atomic mass is 16.6. The van der Waals surface area contributed by atoms with Gasteiger partial charge in [0.25, 0.3) is 5.56 Å². The van der Waals surface area contributed by atoms with Crippen LogP contribution in [0.5, 0.6) is 0 Å². The molecule has 0 atom stereocenters. The monoisotopic (exact) mass is 372 g/mol. The lowest BCUT2D eigenvalue weighted by Gasteiger charge is -2.33. The number of carbonyl (C=O) groups excluding carboxylic acids is 1. The number of piperidine rings is 1. The molecule has 2 aromatic rings. The highest BCUT2D eigenvalue weighted by molar-refractivity contribution is 5.68. The summed E-state index contributed by atoms with van der Waals surface area (Å²) in [5, 5.41) is 4.73. The number of hydrogen-bond acceptors (Lipinski definition) is 4. The normalized spacial score (nSPS) is 18.9. The maximum atomic E-state index is 12.3. The Labute approximate surface area is 158 Å². The van der Waals surface area contributed by atoms with Gasteiger partial charge in [-0.3, -0.25) is 4.79 Å². The summed E-state index contributed by atoms with van der Waals surface area (Å²) in [5.41, 5.74) is 3.44. The van der Waals surface area contributed by atoms with Crippen LogP contribution in [0, 0.1) is 6.92 Å². The number of aryl methyl sites for hydroxylation is 1. The van der Waals surface area contributed by atoms with E-state index in [-0.39, 0.29) is 17.6 Å². The van der Waals surface area contributed by atoms with Crippen LogP contribution in [-0.4, -0.2) is 44.3 Å². The molecule has 0 unspecified atom stereocenters. The molecule has 0 spiro atoms. The molecule has 1 aliphatic carbocycles. The van der Waals surface area contributed by atoms with E-state index in [0.29, 0.717) is 19.0 Å². The van der Waals surface area contributed by atoms with Gasteiger partial charge in [0.2, 0.25) is 0 Å². The third-order valence-electron chi connectivity index (χ3n) is 5.42. The Kier molecular flexibility index (Phi) is 4.28. The maximum absolute atomic E-state index is 12.3. The molecule has 1 aliphatic heterocycles. The highest BCUT2D eigenvalue weighted by Crippen LogP contribution is 2.43. The van der Waals surface area contributed by atoms with E-state index in [4.69, 9.17) is 9.84 Å². The van der Waals surface area contributed by atoms with Crippen molar-refractivity contribution in [2.75, 3.05) is 13.1 Å². The van der Waals surface area contributed by atoms with Crippen LogP contribution in [0.15, 0.2) is 10.9 Å². The molecule has 146 valence electrons. The molecule has 2 fully saturated rings. The van der Waals surface area contributed by atoms with Crippen molar-refractivity contribution in [1.82, 2.24) is 19.5 Å². The zero-order valence-corrected chi connectivity index (χ0v) is 16.5. The minimum atomic E-state index is -0.487. The molecule has 7 nitrogen and oxygen atoms in total. The second kappa shape index (κ2) is 6.39. The molecule has 0 bridgehead atoms. The molecule has 3 heterocycles. The third-order valence-corrected chi connectivity index (χ3v) is 5.42. The van der Waals surface area contributed by atoms with Crippen molar-refractivity contribution in [3.8, 4) is 0 Å². The lowest BCUT2D eigenvalue weighted by molar-refractivity contribution is 0.0203. The number of ether oxygens (including phenoxy) is 1. The number of rotatable bonds is 2. The van der Waals surface area contributed by atoms with Gasteiger partial charge in [0.1, 0.15) is 11.2 Å². The van der Waals surface area contributed by atoms with Crippen molar-refractivity contribution in [2.24, 2.45) is 0 Å². The minimum Gasteiger partial charge on any atom is -0.444 e. The topological polar surface area (TPSA) is 79.7 Å². The van der Waals surface area contributed by atoms with E-state index in [1.807, 2.05) is 32.2 Å². The van der Waals surface area contributed by atoms with E-state index < -0.39 is 5.60 Å². The van der Waals surface area contributed by atoms with E-state index in [1.165, 1.54) is 18.4 Å². The first-order valence-corrected chi connectivity index (χ1v) is 9.83. The fourth-order valence-corrected chi connectivity index (χ4v) is 4.03. The number of likely N-dealkylation sites (tertiary alicyclic amines) is 1. The van der Waals surface area contributed by atoms with Gasteiger partial charge in [-0.05, 0) is 59.3 Å². The summed E-state index contributed by atoms with van der Waals surface area (Å²) in [6.07, 6.45) is 3.68. The number of nitrogens with zero attached hydrogens (tertiary/aromatic N) is 3. The second-order valence-corrected chi connectivity index (χ2v) is 8.83. The van der Waals surface area contributed by atoms with E-state index >= 15 is 0 Å². The molecule has 0 radical (unpaired) electrons. The Bertz CT molecular complexity index is 925. The van der Waals surface area contributed by atoms with Crippen LogP contribution < -0.4 is 5.56 Å². The van der Waals surface area contributed by atoms with Crippen molar-refractivity contribution in [3.05, 3.63) is 33.4 Å². The first-order valence-electron chi connectivity index (χ1n) is 9.83. The standard InChI is InChI=1S/C20H28N4O3/c1-12-17(14-5-6-14)18-21-16(25)11-15(24(18)22-12)13-7-9-23(10-8-13)19(26)27-20(2,3)4/h11,13-14H,5-10H2,1-4H3,(H,21,25). The van der Waals surface area contributed by atoms with Crippen molar-refractivity contribution >= 4 is 11.7 Å². The first kappa shape index (κ1) is 18.1. The number of hydrogen-bond donors (Lipinski definition) is 1. The van der Waals surface area contributed by atoms with Gasteiger partial charge in [0.05, 0.1) is 11.4 Å². The second-order valence-electron chi connectivity index (χ2n) is 8.83. The fraction of sp³-hybridized carbons (Fsp3) is 0.650. The number of nitrogens with one attached hydrogen (secondary N) is 1. The molecule has 0 aromatic carbocycles. The van der Waals surface area contributed by atoms with E-state index in [2.05, 4.69) is 4.98 Å². The number of aromatic nitrogens is 3. The number of amides is 1. The molecule has 1 amide bonds. The fourth-order valence-electron chi connectivity index (χ4n) is 4.03. The van der Waals surface area contributed by atoms with Crippen molar-refractivity contribution < 1.29 is 9.53 Å². The molecule has 4 rings (SSSR count). The molecular formula is C20H28N4O3. The van der Waals surface area contributed by atoms with Crippen molar-refractivity contribution in [1.29, 1.82) is 0 Å². The SMILES string of the molecule is Cc1nn2c(C3CCN(C(=O)OC(C)(C)C)CC3)cc(=O)[nH]c2c1C1CC1. The predicted molar refractivity (Wildman–Crippen MR) is 102 cm³/mol. The van der Waals surface area contributed by atoms with Gasteiger partial charge in [-0.25, -0.2) is 9.31 Å². The van der Waals surface area contributed by atoms with E-state index in [9.17, 15) is 9.59 Å². The Morgan fingerprint density at radius 1 is 1.19 bits per heavy atom. The Morgan fingerprint density at radius 2 is 1.85 bits per heavy atom. The van der Waals surface area contributed by atoms with Crippen LogP contribution in [0.4, 0.5) is 4.79 Å². The average molecular weight is 372 g/mol. The molecule has 1 saturated carbocycles. The van der Waals surface area contributed by atoms with Gasteiger partial charge >= 0.3 is 6.09 Å². The quantitative estimate of drug-likeness (QED) is 0.877. The van der Waals surface area contributed by atoms with Crippen LogP contribution >= 0.6 is 0 Å². The molecule has 1 N–H and O–H groups in total. The van der Waals surface area contributed by atoms with Gasteiger partial charge < -0.3 is 14.6 Å². The third kappa shape index (κ3) is 3.59. The molecule has 7 heteroatoms. The van der Waals surface area contributed by atoms with E-state index in [0.717, 1.165) is 29.9 Å². The molecule has 2 aliphatic rings. The van der Waals surface area contributed by atoms with Gasteiger partial charge in [-0.15, -0.1) is 0 Å². The summed E-state index contributed by atoms with van der Waals surface area (Å²) in [5.74, 6) is 0.738. The number of carbonyl (C=O) groups is 1. The lowest BCUT2D eigenvalue weighted by atomic mass is 9.93. The summed E-state index contributed by atoms with van der Waals surface area (Å²) in [6.45, 7) is 8.91. The van der Waals surface area contributed by atoms with Gasteiger partial charge in [0, 0.05) is 30.6 Å². The number of H-pyrrole nitrogens is 1. The Morgan fingerprint density at radius 3 is 2.44 bits per heavy atom. The summed E-state index contributed by atoms with van der Waals surface area (Å²) < 4.78 is 7.40. The van der Waals surface area contributed by atoms with Gasteiger partial charge in [-0.2, -0.15) is 5.10 Å². The Hall–Kier alpha value is -2.31. The summed E-state index contributed by atoms with van der Waals surface area (Å²) >= 11 is 0. The average Bonchev–Trinajstić information content (AvgIpc) is 3.35. The van der Waals surface area contributed by atoms with Crippen LogP contribution in [0.2, 0.25) is 0 Å². The molecule has 1 saturated heterocycles. The zero-order valence-electron chi connectivity index (χ0n) is 16.5. The number of aromatic amines is 1. The molecular weight excluding hydrogens is 344 g/mol. The van der Waals surface area contributed by atoms with Gasteiger partial charge in [-0.1, -0.05) is 0 Å². The summed E-state index contributed by atoms with van der Waals surface area (Å²) in [4.78, 5) is 29.3. The first-order chi connectivity index (χ1) is 12.7.